The molecule has 1 heterocycles. The van der Waals surface area contributed by atoms with E-state index in [-0.39, 0.29) is 17.7 Å². The molecule has 27 heavy (non-hydrogen) atoms. The largest absolute Gasteiger partial charge is 0.504 e. The first-order chi connectivity index (χ1) is 12.4. The van der Waals surface area contributed by atoms with E-state index in [1.807, 2.05) is 36.6 Å². The second kappa shape index (κ2) is 6.71. The second-order valence-corrected chi connectivity index (χ2v) is 9.87. The van der Waals surface area contributed by atoms with Crippen LogP contribution in [0.1, 0.15) is 25.8 Å². The molecule has 2 aliphatic rings. The van der Waals surface area contributed by atoms with Crippen molar-refractivity contribution in [3.63, 3.8) is 0 Å². The second-order valence-electron chi connectivity index (χ2n) is 7.05. The van der Waals surface area contributed by atoms with Gasteiger partial charge in [-0.15, -0.1) is 0 Å². The minimum Gasteiger partial charge on any atom is -0.504 e. The van der Waals surface area contributed by atoms with Crippen LogP contribution < -0.4 is 0 Å². The fraction of sp³-hybridized carbons (Fsp3) is 0.333. The third kappa shape index (κ3) is 3.55. The van der Waals surface area contributed by atoms with Crippen LogP contribution in [0.2, 0.25) is 0 Å². The predicted octanol–water partition coefficient (Wildman–Crippen LogP) is 2.78. The summed E-state index contributed by atoms with van der Waals surface area (Å²) in [5, 5.41) is 19.2. The molecule has 1 aromatic carbocycles. The van der Waals surface area contributed by atoms with E-state index in [2.05, 4.69) is 22.6 Å². The molecule has 0 fully saturated rings. The highest BCUT2D eigenvalue weighted by Gasteiger charge is 2.46. The predicted molar refractivity (Wildman–Crippen MR) is 108 cm³/mol. The van der Waals surface area contributed by atoms with Crippen molar-refractivity contribution in [2.24, 2.45) is 0 Å². The number of allylic oxidation sites excluding steroid dienone is 3. The van der Waals surface area contributed by atoms with Crippen molar-refractivity contribution in [3.8, 4) is 0 Å². The van der Waals surface area contributed by atoms with Gasteiger partial charge in [-0.3, -0.25) is 9.35 Å². The van der Waals surface area contributed by atoms with Gasteiger partial charge in [0.1, 0.15) is 6.54 Å². The van der Waals surface area contributed by atoms with E-state index >= 15 is 0 Å². The third-order valence-electron chi connectivity index (χ3n) is 4.86. The molecule has 0 radical (unpaired) electrons. The lowest BCUT2D eigenvalue weighted by atomic mass is 9.79. The number of hydrogen-bond acceptors (Lipinski definition) is 5. The zero-order valence-corrected chi connectivity index (χ0v) is 17.7. The fourth-order valence-electron chi connectivity index (χ4n) is 3.43. The number of carbonyl (C=O) groups excluding carboxylic acids is 1. The number of aliphatic hydroxyl groups is 2. The van der Waals surface area contributed by atoms with Gasteiger partial charge in [-0.1, -0.05) is 0 Å². The minimum absolute atomic E-state index is 0.0258. The van der Waals surface area contributed by atoms with Crippen LogP contribution in [0.4, 0.5) is 5.69 Å². The van der Waals surface area contributed by atoms with E-state index in [0.29, 0.717) is 12.3 Å². The molecule has 144 valence electrons. The molecule has 9 heteroatoms. The molecule has 0 aromatic heterocycles. The van der Waals surface area contributed by atoms with Crippen molar-refractivity contribution in [2.45, 2.75) is 25.7 Å². The van der Waals surface area contributed by atoms with Crippen molar-refractivity contribution in [3.05, 3.63) is 50.5 Å². The summed E-state index contributed by atoms with van der Waals surface area (Å²) < 4.78 is 34.1. The molecule has 0 bridgehead atoms. The topological polar surface area (TPSA) is 115 Å². The Morgan fingerprint density at radius 2 is 1.89 bits per heavy atom. The van der Waals surface area contributed by atoms with Crippen molar-refractivity contribution in [2.75, 3.05) is 12.3 Å². The lowest BCUT2D eigenvalue weighted by molar-refractivity contribution is -0.437. The summed E-state index contributed by atoms with van der Waals surface area (Å²) >= 11 is 2.21. The summed E-state index contributed by atoms with van der Waals surface area (Å²) in [6.07, 6.45) is 1.73. The Labute approximate surface area is 170 Å². The molecule has 1 aliphatic heterocycles. The zero-order valence-electron chi connectivity index (χ0n) is 14.7. The normalized spacial score (nSPS) is 20.3. The van der Waals surface area contributed by atoms with E-state index < -0.39 is 32.8 Å². The molecule has 0 saturated heterocycles. The molecule has 0 atom stereocenters. The lowest BCUT2D eigenvalue weighted by Crippen LogP contribution is -2.31. The van der Waals surface area contributed by atoms with Crippen LogP contribution in [0.15, 0.2) is 41.4 Å². The SMILES string of the molecule is CC1(C)C(/C=C2\C(=O)C(O)=C2O)=[N+](CCCS(=O)(=O)O)c2ccc(I)cc21. The Kier molecular flexibility index (Phi) is 4.98. The van der Waals surface area contributed by atoms with Gasteiger partial charge in [-0.2, -0.15) is 13.0 Å². The highest BCUT2D eigenvalue weighted by Crippen LogP contribution is 2.42. The van der Waals surface area contributed by atoms with Gasteiger partial charge >= 0.3 is 0 Å². The number of nitrogens with zero attached hydrogens (tertiary/aromatic N) is 1. The molecule has 3 N–H and O–H groups in total. The van der Waals surface area contributed by atoms with E-state index in [1.54, 1.807) is 0 Å². The quantitative estimate of drug-likeness (QED) is 0.246. The van der Waals surface area contributed by atoms with Crippen LogP contribution >= 0.6 is 22.6 Å². The molecule has 7 nitrogen and oxygen atoms in total. The number of halogens is 1. The Bertz CT molecular complexity index is 1050. The smallest absolute Gasteiger partial charge is 0.265 e. The van der Waals surface area contributed by atoms with Gasteiger partial charge in [0.2, 0.25) is 17.2 Å². The van der Waals surface area contributed by atoms with Gasteiger partial charge in [0, 0.05) is 27.7 Å². The first kappa shape index (κ1) is 20.0. The summed E-state index contributed by atoms with van der Waals surface area (Å²) in [4.78, 5) is 11.9. The maximum absolute atomic E-state index is 11.9. The number of hydrogen-bond donors (Lipinski definition) is 3. The molecule has 0 saturated carbocycles. The number of rotatable bonds is 5. The van der Waals surface area contributed by atoms with Crippen molar-refractivity contribution in [1.82, 2.24) is 0 Å². The van der Waals surface area contributed by atoms with Crippen molar-refractivity contribution in [1.29, 1.82) is 0 Å². The summed E-state index contributed by atoms with van der Waals surface area (Å²) in [7, 11) is -4.07. The van der Waals surface area contributed by atoms with Gasteiger partial charge < -0.3 is 10.2 Å². The summed E-state index contributed by atoms with van der Waals surface area (Å²) in [6.45, 7) is 4.25. The zero-order chi connectivity index (χ0) is 20.1. The van der Waals surface area contributed by atoms with Gasteiger partial charge in [0.15, 0.2) is 11.5 Å². The van der Waals surface area contributed by atoms with Crippen molar-refractivity contribution >= 4 is 49.9 Å². The van der Waals surface area contributed by atoms with Crippen LogP contribution in [0.5, 0.6) is 0 Å². The number of Topliss-reactive ketones (excluding diaryl/α,β-unsaturated/α-hetero) is 1. The average Bonchev–Trinajstić information content (AvgIpc) is 2.78. The standard InChI is InChI=1S/C18H18INO6S/c1-18(2)12-8-10(19)4-5-13(12)20(6-3-7-27(24,25)26)14(18)9-11-15(21)17(23)16(11)22/h4-5,8-9H,3,6-7H2,1-2H3,(H2,21,22,24,25,26)/p+1. The van der Waals surface area contributed by atoms with Gasteiger partial charge in [0.25, 0.3) is 10.1 Å². The van der Waals surface area contributed by atoms with Gasteiger partial charge in [-0.25, -0.2) is 0 Å². The summed E-state index contributed by atoms with van der Waals surface area (Å²) in [5.74, 6) is -2.09. The van der Waals surface area contributed by atoms with Crippen molar-refractivity contribution < 1.29 is 32.6 Å². The molecule has 3 rings (SSSR count). The van der Waals surface area contributed by atoms with Crippen LogP contribution in [0.25, 0.3) is 0 Å². The highest BCUT2D eigenvalue weighted by atomic mass is 127. The van der Waals surface area contributed by atoms with Crippen LogP contribution in [-0.4, -0.2) is 51.6 Å². The van der Waals surface area contributed by atoms with Crippen LogP contribution in [-0.2, 0) is 20.3 Å². The molecular formula is C18H19INO6S+. The van der Waals surface area contributed by atoms with Crippen LogP contribution in [0, 0.1) is 3.57 Å². The first-order valence-electron chi connectivity index (χ1n) is 8.22. The Morgan fingerprint density at radius 1 is 1.22 bits per heavy atom. The fourth-order valence-corrected chi connectivity index (χ4v) is 4.42. The Balaban J connectivity index is 2.10. The van der Waals surface area contributed by atoms with E-state index in [0.717, 1.165) is 14.8 Å². The van der Waals surface area contributed by atoms with Crippen LogP contribution in [0.3, 0.4) is 0 Å². The molecule has 0 amide bonds. The molecule has 1 aromatic rings. The maximum Gasteiger partial charge on any atom is 0.265 e. The van der Waals surface area contributed by atoms with Gasteiger partial charge in [-0.05, 0) is 48.6 Å². The summed E-state index contributed by atoms with van der Waals surface area (Å²) in [5.41, 5.74) is 2.11. The maximum atomic E-state index is 11.9. The van der Waals surface area contributed by atoms with E-state index in [4.69, 9.17) is 4.55 Å². The van der Waals surface area contributed by atoms with E-state index in [9.17, 15) is 23.4 Å². The molecule has 1 aliphatic carbocycles. The molecule has 0 spiro atoms. The average molecular weight is 504 g/mol. The molecular weight excluding hydrogens is 485 g/mol. The van der Waals surface area contributed by atoms with E-state index in [1.165, 1.54) is 6.08 Å². The number of carbonyl (C=O) groups is 1. The number of benzene rings is 1. The van der Waals surface area contributed by atoms with Gasteiger partial charge in [0.05, 0.1) is 16.7 Å². The Hall–Kier alpha value is -1.72. The minimum atomic E-state index is -4.07. The highest BCUT2D eigenvalue weighted by molar-refractivity contribution is 14.1. The Morgan fingerprint density at radius 3 is 2.48 bits per heavy atom. The number of fused-ring (bicyclic) bond motifs is 1. The lowest BCUT2D eigenvalue weighted by Gasteiger charge is -2.19. The molecule has 0 unspecified atom stereocenters. The third-order valence-corrected chi connectivity index (χ3v) is 6.33. The first-order valence-corrected chi connectivity index (χ1v) is 10.9. The number of ketones is 1. The monoisotopic (exact) mass is 504 g/mol. The summed E-state index contributed by atoms with van der Waals surface area (Å²) in [6, 6.07) is 5.87. The number of aliphatic hydroxyl groups excluding tert-OH is 2.